The third kappa shape index (κ3) is 2.00. The fourth-order valence-electron chi connectivity index (χ4n) is 1.20. The normalized spacial score (nSPS) is 10.6. The van der Waals surface area contributed by atoms with Crippen LogP contribution in [0.2, 0.25) is 0 Å². The Balaban J connectivity index is 1.81. The van der Waals surface area contributed by atoms with E-state index in [4.69, 9.17) is 4.52 Å². The molecule has 0 aliphatic carbocycles. The van der Waals surface area contributed by atoms with Crippen molar-refractivity contribution in [1.82, 2.24) is 20.4 Å². The SMILES string of the molecule is Cc1[nH]cnc1CNCc1ccon1. The maximum absolute atomic E-state index is 4.71. The summed E-state index contributed by atoms with van der Waals surface area (Å²) in [5, 5.41) is 7.02. The quantitative estimate of drug-likeness (QED) is 0.758. The summed E-state index contributed by atoms with van der Waals surface area (Å²) >= 11 is 0. The highest BCUT2D eigenvalue weighted by atomic mass is 16.5. The summed E-state index contributed by atoms with van der Waals surface area (Å²) in [6, 6.07) is 1.84. The molecule has 2 heterocycles. The minimum absolute atomic E-state index is 0.697. The van der Waals surface area contributed by atoms with Gasteiger partial charge in [-0.25, -0.2) is 4.98 Å². The van der Waals surface area contributed by atoms with Gasteiger partial charge in [-0.15, -0.1) is 0 Å². The highest BCUT2D eigenvalue weighted by Crippen LogP contribution is 2.00. The monoisotopic (exact) mass is 192 g/mol. The molecule has 0 saturated carbocycles. The molecule has 0 atom stereocenters. The van der Waals surface area contributed by atoms with E-state index in [2.05, 4.69) is 20.4 Å². The summed E-state index contributed by atoms with van der Waals surface area (Å²) in [6.45, 7) is 3.44. The lowest BCUT2D eigenvalue weighted by atomic mass is 10.3. The smallest absolute Gasteiger partial charge is 0.124 e. The number of aromatic amines is 1. The fourth-order valence-corrected chi connectivity index (χ4v) is 1.20. The molecule has 0 bridgehead atoms. The van der Waals surface area contributed by atoms with Gasteiger partial charge in [-0.2, -0.15) is 0 Å². The number of imidazole rings is 1. The van der Waals surface area contributed by atoms with Crippen LogP contribution in [0.5, 0.6) is 0 Å². The Morgan fingerprint density at radius 3 is 3.07 bits per heavy atom. The first kappa shape index (κ1) is 8.96. The second kappa shape index (κ2) is 4.06. The average molecular weight is 192 g/mol. The van der Waals surface area contributed by atoms with Gasteiger partial charge in [0.1, 0.15) is 6.26 Å². The van der Waals surface area contributed by atoms with Gasteiger partial charge in [0, 0.05) is 24.8 Å². The van der Waals surface area contributed by atoms with E-state index in [0.29, 0.717) is 6.54 Å². The molecule has 0 aliphatic rings. The van der Waals surface area contributed by atoms with E-state index in [0.717, 1.165) is 23.6 Å². The van der Waals surface area contributed by atoms with Gasteiger partial charge in [-0.3, -0.25) is 0 Å². The molecular weight excluding hydrogens is 180 g/mol. The molecule has 0 unspecified atom stereocenters. The molecule has 0 aromatic carbocycles. The predicted molar refractivity (Wildman–Crippen MR) is 50.4 cm³/mol. The number of aromatic nitrogens is 3. The Hall–Kier alpha value is -1.62. The lowest BCUT2D eigenvalue weighted by Crippen LogP contribution is -2.13. The van der Waals surface area contributed by atoms with Crippen molar-refractivity contribution in [1.29, 1.82) is 0 Å². The maximum Gasteiger partial charge on any atom is 0.124 e. The van der Waals surface area contributed by atoms with Gasteiger partial charge in [0.15, 0.2) is 0 Å². The topological polar surface area (TPSA) is 66.7 Å². The van der Waals surface area contributed by atoms with Crippen molar-refractivity contribution in [2.75, 3.05) is 0 Å². The number of hydrogen-bond acceptors (Lipinski definition) is 4. The second-order valence-corrected chi connectivity index (χ2v) is 3.07. The van der Waals surface area contributed by atoms with E-state index in [1.54, 1.807) is 12.6 Å². The first-order chi connectivity index (χ1) is 6.86. The van der Waals surface area contributed by atoms with Crippen LogP contribution in [0.25, 0.3) is 0 Å². The molecule has 0 amide bonds. The van der Waals surface area contributed by atoms with Gasteiger partial charge < -0.3 is 14.8 Å². The third-order valence-electron chi connectivity index (χ3n) is 2.02. The number of nitrogens with one attached hydrogen (secondary N) is 2. The van der Waals surface area contributed by atoms with Crippen molar-refractivity contribution in [3.05, 3.63) is 35.7 Å². The van der Waals surface area contributed by atoms with Crippen LogP contribution in [-0.4, -0.2) is 15.1 Å². The molecule has 2 aromatic rings. The zero-order chi connectivity index (χ0) is 9.80. The van der Waals surface area contributed by atoms with Crippen LogP contribution in [-0.2, 0) is 13.1 Å². The molecule has 0 fully saturated rings. The highest BCUT2D eigenvalue weighted by Gasteiger charge is 2.00. The Kier molecular flexibility index (Phi) is 2.60. The van der Waals surface area contributed by atoms with Gasteiger partial charge in [-0.05, 0) is 6.92 Å². The Bertz CT molecular complexity index is 379. The number of H-pyrrole nitrogens is 1. The van der Waals surface area contributed by atoms with Crippen molar-refractivity contribution in [2.24, 2.45) is 0 Å². The van der Waals surface area contributed by atoms with Gasteiger partial charge >= 0.3 is 0 Å². The number of rotatable bonds is 4. The van der Waals surface area contributed by atoms with Crippen LogP contribution >= 0.6 is 0 Å². The molecule has 2 rings (SSSR count). The lowest BCUT2D eigenvalue weighted by molar-refractivity contribution is 0.408. The van der Waals surface area contributed by atoms with E-state index in [1.807, 2.05) is 13.0 Å². The molecule has 14 heavy (non-hydrogen) atoms. The summed E-state index contributed by atoms with van der Waals surface area (Å²) < 4.78 is 4.71. The van der Waals surface area contributed by atoms with Crippen LogP contribution in [0.1, 0.15) is 17.1 Å². The van der Waals surface area contributed by atoms with Crippen LogP contribution < -0.4 is 5.32 Å². The fraction of sp³-hybridized carbons (Fsp3) is 0.333. The summed E-state index contributed by atoms with van der Waals surface area (Å²) in [4.78, 5) is 7.20. The minimum Gasteiger partial charge on any atom is -0.364 e. The van der Waals surface area contributed by atoms with Crippen LogP contribution in [0.3, 0.4) is 0 Å². The Labute approximate surface area is 81.5 Å². The minimum atomic E-state index is 0.697. The summed E-state index contributed by atoms with van der Waals surface area (Å²) in [7, 11) is 0. The van der Waals surface area contributed by atoms with Gasteiger partial charge in [0.05, 0.1) is 17.7 Å². The molecule has 5 heteroatoms. The van der Waals surface area contributed by atoms with E-state index in [-0.39, 0.29) is 0 Å². The standard InChI is InChI=1S/C9H12N4O/c1-7-9(12-6-11-7)5-10-4-8-2-3-14-13-8/h2-3,6,10H,4-5H2,1H3,(H,11,12). The third-order valence-corrected chi connectivity index (χ3v) is 2.02. The van der Waals surface area contributed by atoms with E-state index >= 15 is 0 Å². The van der Waals surface area contributed by atoms with Crippen molar-refractivity contribution in [2.45, 2.75) is 20.0 Å². The van der Waals surface area contributed by atoms with Crippen LogP contribution in [0.15, 0.2) is 23.2 Å². The molecular formula is C9H12N4O. The predicted octanol–water partition coefficient (Wildman–Crippen LogP) is 0.996. The maximum atomic E-state index is 4.71. The van der Waals surface area contributed by atoms with Crippen LogP contribution in [0.4, 0.5) is 0 Å². The first-order valence-electron chi connectivity index (χ1n) is 4.45. The second-order valence-electron chi connectivity index (χ2n) is 3.07. The largest absolute Gasteiger partial charge is 0.364 e. The van der Waals surface area contributed by atoms with E-state index in [9.17, 15) is 0 Å². The zero-order valence-corrected chi connectivity index (χ0v) is 7.95. The zero-order valence-electron chi connectivity index (χ0n) is 7.95. The van der Waals surface area contributed by atoms with E-state index < -0.39 is 0 Å². The van der Waals surface area contributed by atoms with Crippen LogP contribution in [0, 0.1) is 6.92 Å². The van der Waals surface area contributed by atoms with Crippen molar-refractivity contribution < 1.29 is 4.52 Å². The summed E-state index contributed by atoms with van der Waals surface area (Å²) in [5.41, 5.74) is 3.03. The first-order valence-corrected chi connectivity index (χ1v) is 4.45. The number of aryl methyl sites for hydroxylation is 1. The molecule has 0 spiro atoms. The van der Waals surface area contributed by atoms with Crippen molar-refractivity contribution in [3.63, 3.8) is 0 Å². The molecule has 0 radical (unpaired) electrons. The summed E-state index contributed by atoms with van der Waals surface area (Å²) in [5.74, 6) is 0. The molecule has 5 nitrogen and oxygen atoms in total. The molecule has 0 aliphatic heterocycles. The number of nitrogens with zero attached hydrogens (tertiary/aromatic N) is 2. The molecule has 2 aromatic heterocycles. The van der Waals surface area contributed by atoms with Crippen molar-refractivity contribution >= 4 is 0 Å². The Morgan fingerprint density at radius 2 is 2.43 bits per heavy atom. The Morgan fingerprint density at radius 1 is 1.50 bits per heavy atom. The number of hydrogen-bond donors (Lipinski definition) is 2. The highest BCUT2D eigenvalue weighted by molar-refractivity contribution is 5.08. The lowest BCUT2D eigenvalue weighted by Gasteiger charge is -1.99. The molecule has 0 saturated heterocycles. The van der Waals surface area contributed by atoms with Gasteiger partial charge in [0.2, 0.25) is 0 Å². The summed E-state index contributed by atoms with van der Waals surface area (Å²) in [6.07, 6.45) is 3.26. The molecule has 74 valence electrons. The van der Waals surface area contributed by atoms with Crippen molar-refractivity contribution in [3.8, 4) is 0 Å². The van der Waals surface area contributed by atoms with Gasteiger partial charge in [-0.1, -0.05) is 5.16 Å². The molecule has 2 N–H and O–H groups in total. The van der Waals surface area contributed by atoms with Gasteiger partial charge in [0.25, 0.3) is 0 Å². The van der Waals surface area contributed by atoms with E-state index in [1.165, 1.54) is 0 Å². The average Bonchev–Trinajstić information content (AvgIpc) is 2.78.